The number of carbonyl (C=O) groups is 2. The zero-order valence-corrected chi connectivity index (χ0v) is 16.3. The van der Waals surface area contributed by atoms with Gasteiger partial charge in [-0.25, -0.2) is 0 Å². The van der Waals surface area contributed by atoms with Crippen molar-refractivity contribution in [2.45, 2.75) is 19.8 Å². The van der Waals surface area contributed by atoms with Crippen LogP contribution in [0.4, 0.5) is 5.69 Å². The van der Waals surface area contributed by atoms with E-state index < -0.39 is 0 Å². The highest BCUT2D eigenvalue weighted by Crippen LogP contribution is 2.27. The van der Waals surface area contributed by atoms with E-state index in [1.54, 1.807) is 30.3 Å². The van der Waals surface area contributed by atoms with E-state index in [-0.39, 0.29) is 29.6 Å². The van der Waals surface area contributed by atoms with Crippen molar-refractivity contribution >= 4 is 29.9 Å². The third kappa shape index (κ3) is 5.55. The average Bonchev–Trinajstić information content (AvgIpc) is 2.68. The number of amides is 2. The molecule has 144 valence electrons. The van der Waals surface area contributed by atoms with Crippen LogP contribution < -0.4 is 16.0 Å². The van der Waals surface area contributed by atoms with Crippen molar-refractivity contribution in [3.05, 3.63) is 65.7 Å². The third-order valence-electron chi connectivity index (χ3n) is 4.94. The van der Waals surface area contributed by atoms with Gasteiger partial charge in [0.1, 0.15) is 0 Å². The summed E-state index contributed by atoms with van der Waals surface area (Å²) in [5, 5.41) is 9.24. The Bertz CT molecular complexity index is 774. The van der Waals surface area contributed by atoms with Crippen LogP contribution in [0.2, 0.25) is 0 Å². The van der Waals surface area contributed by atoms with E-state index in [1.165, 1.54) is 0 Å². The van der Waals surface area contributed by atoms with Crippen molar-refractivity contribution in [1.29, 1.82) is 0 Å². The first-order valence-electron chi connectivity index (χ1n) is 9.02. The van der Waals surface area contributed by atoms with Gasteiger partial charge in [-0.2, -0.15) is 0 Å². The Morgan fingerprint density at radius 1 is 0.963 bits per heavy atom. The Morgan fingerprint density at radius 2 is 1.59 bits per heavy atom. The molecule has 0 aliphatic carbocycles. The Balaban J connectivity index is 0.00000261. The summed E-state index contributed by atoms with van der Waals surface area (Å²) in [6, 6.07) is 16.1. The molecule has 5 nitrogen and oxygen atoms in total. The summed E-state index contributed by atoms with van der Waals surface area (Å²) in [6.45, 7) is 4.80. The molecule has 0 bridgehead atoms. The predicted octanol–water partition coefficient (Wildman–Crippen LogP) is 3.48. The molecule has 2 aromatic rings. The van der Waals surface area contributed by atoms with Crippen LogP contribution in [0.3, 0.4) is 0 Å². The fraction of sp³-hybridized carbons (Fsp3) is 0.333. The van der Waals surface area contributed by atoms with E-state index in [2.05, 4.69) is 22.9 Å². The van der Waals surface area contributed by atoms with Crippen LogP contribution in [0.15, 0.2) is 54.6 Å². The molecule has 27 heavy (non-hydrogen) atoms. The standard InChI is InChI=1S/C21H25N3O2.ClH/c1-21(11-13-22-14-12-21)15-23-20(26)17-9-5-6-10-18(17)24-19(25)16-7-3-2-4-8-16;/h2-10,22H,11-15H2,1H3,(H,23,26)(H,24,25);1H. The second kappa shape index (κ2) is 9.53. The number of carbonyl (C=O) groups excluding carboxylic acids is 2. The van der Waals surface area contributed by atoms with E-state index in [0.29, 0.717) is 23.4 Å². The lowest BCUT2D eigenvalue weighted by Gasteiger charge is -2.34. The Hall–Kier alpha value is -2.37. The van der Waals surface area contributed by atoms with Gasteiger partial charge in [-0.05, 0) is 55.6 Å². The summed E-state index contributed by atoms with van der Waals surface area (Å²) in [5.74, 6) is -0.384. The second-order valence-electron chi connectivity index (χ2n) is 7.11. The Labute approximate surface area is 166 Å². The van der Waals surface area contributed by atoms with Crippen molar-refractivity contribution in [2.24, 2.45) is 5.41 Å². The van der Waals surface area contributed by atoms with E-state index in [9.17, 15) is 9.59 Å². The monoisotopic (exact) mass is 387 g/mol. The molecule has 0 atom stereocenters. The first kappa shape index (κ1) is 20.9. The summed E-state index contributed by atoms with van der Waals surface area (Å²) >= 11 is 0. The van der Waals surface area contributed by atoms with Gasteiger partial charge in [0.15, 0.2) is 0 Å². The van der Waals surface area contributed by atoms with Crippen molar-refractivity contribution in [2.75, 3.05) is 25.0 Å². The molecule has 0 aromatic heterocycles. The van der Waals surface area contributed by atoms with E-state index in [1.807, 2.05) is 24.3 Å². The second-order valence-corrected chi connectivity index (χ2v) is 7.11. The summed E-state index contributed by atoms with van der Waals surface area (Å²) < 4.78 is 0. The molecular weight excluding hydrogens is 362 g/mol. The van der Waals surface area contributed by atoms with Crippen LogP contribution in [0.1, 0.15) is 40.5 Å². The fourth-order valence-corrected chi connectivity index (χ4v) is 3.17. The lowest BCUT2D eigenvalue weighted by atomic mass is 9.81. The molecular formula is C21H26ClN3O2. The third-order valence-corrected chi connectivity index (χ3v) is 4.94. The molecule has 3 rings (SSSR count). The van der Waals surface area contributed by atoms with Crippen LogP contribution in [-0.2, 0) is 0 Å². The maximum Gasteiger partial charge on any atom is 0.255 e. The first-order valence-corrected chi connectivity index (χ1v) is 9.02. The van der Waals surface area contributed by atoms with Crippen molar-refractivity contribution in [3.8, 4) is 0 Å². The Morgan fingerprint density at radius 3 is 2.30 bits per heavy atom. The summed E-state index contributed by atoms with van der Waals surface area (Å²) in [6.07, 6.45) is 2.08. The summed E-state index contributed by atoms with van der Waals surface area (Å²) in [5.41, 5.74) is 1.68. The zero-order chi connectivity index (χ0) is 18.4. The van der Waals surface area contributed by atoms with Crippen LogP contribution in [0.25, 0.3) is 0 Å². The highest BCUT2D eigenvalue weighted by molar-refractivity contribution is 6.08. The number of nitrogens with one attached hydrogen (secondary N) is 3. The largest absolute Gasteiger partial charge is 0.351 e. The van der Waals surface area contributed by atoms with E-state index in [4.69, 9.17) is 0 Å². The van der Waals surface area contributed by atoms with Gasteiger partial charge in [-0.15, -0.1) is 12.4 Å². The van der Waals surface area contributed by atoms with Gasteiger partial charge in [0.25, 0.3) is 11.8 Å². The highest BCUT2D eigenvalue weighted by Gasteiger charge is 2.27. The molecule has 6 heteroatoms. The molecule has 0 unspecified atom stereocenters. The number of para-hydroxylation sites is 1. The van der Waals surface area contributed by atoms with Crippen LogP contribution in [0.5, 0.6) is 0 Å². The minimum Gasteiger partial charge on any atom is -0.351 e. The predicted molar refractivity (Wildman–Crippen MR) is 111 cm³/mol. The zero-order valence-electron chi connectivity index (χ0n) is 15.5. The van der Waals surface area contributed by atoms with Gasteiger partial charge in [-0.1, -0.05) is 37.3 Å². The molecule has 1 saturated heterocycles. The SMILES string of the molecule is CC1(CNC(=O)c2ccccc2NC(=O)c2ccccc2)CCNCC1.Cl. The number of benzene rings is 2. The lowest BCUT2D eigenvalue weighted by molar-refractivity contribution is 0.0923. The van der Waals surface area contributed by atoms with Gasteiger partial charge in [0, 0.05) is 12.1 Å². The molecule has 2 aromatic carbocycles. The topological polar surface area (TPSA) is 70.2 Å². The van der Waals surface area contributed by atoms with Gasteiger partial charge in [-0.3, -0.25) is 9.59 Å². The summed E-state index contributed by atoms with van der Waals surface area (Å²) in [4.78, 5) is 25.1. The number of anilines is 1. The molecule has 3 N–H and O–H groups in total. The molecule has 0 radical (unpaired) electrons. The molecule has 2 amide bonds. The van der Waals surface area contributed by atoms with Gasteiger partial charge >= 0.3 is 0 Å². The average molecular weight is 388 g/mol. The quantitative estimate of drug-likeness (QED) is 0.735. The smallest absolute Gasteiger partial charge is 0.255 e. The van der Waals surface area contributed by atoms with E-state index in [0.717, 1.165) is 25.9 Å². The fourth-order valence-electron chi connectivity index (χ4n) is 3.17. The number of halogens is 1. The minimum atomic E-state index is -0.226. The van der Waals surface area contributed by atoms with Crippen LogP contribution in [0, 0.1) is 5.41 Å². The lowest BCUT2D eigenvalue weighted by Crippen LogP contribution is -2.43. The molecule has 1 aliphatic heterocycles. The molecule has 0 spiro atoms. The van der Waals surface area contributed by atoms with Crippen molar-refractivity contribution < 1.29 is 9.59 Å². The van der Waals surface area contributed by atoms with Crippen molar-refractivity contribution in [3.63, 3.8) is 0 Å². The van der Waals surface area contributed by atoms with E-state index >= 15 is 0 Å². The molecule has 1 aliphatic rings. The maximum atomic E-state index is 12.7. The van der Waals surface area contributed by atoms with Crippen LogP contribution in [-0.4, -0.2) is 31.4 Å². The number of piperidine rings is 1. The van der Waals surface area contributed by atoms with Crippen molar-refractivity contribution in [1.82, 2.24) is 10.6 Å². The number of hydrogen-bond donors (Lipinski definition) is 3. The van der Waals surface area contributed by atoms with Crippen LogP contribution >= 0.6 is 12.4 Å². The number of rotatable bonds is 5. The first-order chi connectivity index (χ1) is 12.6. The highest BCUT2D eigenvalue weighted by atomic mass is 35.5. The van der Waals surface area contributed by atoms with Gasteiger partial charge in [0.2, 0.25) is 0 Å². The van der Waals surface area contributed by atoms with Gasteiger partial charge < -0.3 is 16.0 Å². The molecule has 1 heterocycles. The molecule has 1 fully saturated rings. The normalized spacial score (nSPS) is 15.3. The molecule has 0 saturated carbocycles. The minimum absolute atomic E-state index is 0. The Kier molecular flexibility index (Phi) is 7.39. The summed E-state index contributed by atoms with van der Waals surface area (Å²) in [7, 11) is 0. The maximum absolute atomic E-state index is 12.7. The van der Waals surface area contributed by atoms with Gasteiger partial charge in [0.05, 0.1) is 11.3 Å². The number of hydrogen-bond acceptors (Lipinski definition) is 3.